The van der Waals surface area contributed by atoms with Gasteiger partial charge in [0.25, 0.3) is 0 Å². The molecule has 0 N–H and O–H groups in total. The summed E-state index contributed by atoms with van der Waals surface area (Å²) in [4.78, 5) is 11.3. The molecule has 2 nitrogen and oxygen atoms in total. The first-order valence-electron chi connectivity index (χ1n) is 7.12. The summed E-state index contributed by atoms with van der Waals surface area (Å²) in [6.45, 7) is 2.63. The largest absolute Gasteiger partial charge is 0.493 e. The van der Waals surface area contributed by atoms with Crippen molar-refractivity contribution in [2.75, 3.05) is 6.61 Å². The van der Waals surface area contributed by atoms with Crippen molar-refractivity contribution in [3.63, 3.8) is 0 Å². The van der Waals surface area contributed by atoms with E-state index in [-0.39, 0.29) is 0 Å². The lowest BCUT2D eigenvalue weighted by Crippen LogP contribution is -1.94. The lowest BCUT2D eigenvalue weighted by Gasteiger charge is -2.14. The van der Waals surface area contributed by atoms with Gasteiger partial charge in [-0.05, 0) is 40.6 Å². The smallest absolute Gasteiger partial charge is 0.150 e. The van der Waals surface area contributed by atoms with Gasteiger partial charge in [0.1, 0.15) is 5.75 Å². The van der Waals surface area contributed by atoms with Crippen LogP contribution in [0, 0.1) is 0 Å². The van der Waals surface area contributed by atoms with Gasteiger partial charge in [0.2, 0.25) is 0 Å². The van der Waals surface area contributed by atoms with Crippen molar-refractivity contribution in [1.29, 1.82) is 0 Å². The molecule has 0 aliphatic heterocycles. The molecular weight excluding hydrogens is 260 g/mol. The Hall–Kier alpha value is -2.61. The second kappa shape index (κ2) is 4.45. The van der Waals surface area contributed by atoms with Gasteiger partial charge in [0.15, 0.2) is 6.29 Å². The average Bonchev–Trinajstić information content (AvgIpc) is 2.54. The molecule has 0 bridgehead atoms. The van der Waals surface area contributed by atoms with E-state index in [1.54, 1.807) is 0 Å². The van der Waals surface area contributed by atoms with Crippen molar-refractivity contribution in [1.82, 2.24) is 0 Å². The van der Waals surface area contributed by atoms with Gasteiger partial charge in [-0.1, -0.05) is 36.4 Å². The number of benzene rings is 4. The van der Waals surface area contributed by atoms with E-state index in [4.69, 9.17) is 4.74 Å². The van der Waals surface area contributed by atoms with Gasteiger partial charge in [-0.2, -0.15) is 0 Å². The number of aldehydes is 1. The highest BCUT2D eigenvalue weighted by Gasteiger charge is 2.13. The Balaban J connectivity index is 2.27. The zero-order valence-electron chi connectivity index (χ0n) is 11.7. The molecule has 0 amide bonds. The minimum atomic E-state index is 0.642. The molecule has 4 aromatic carbocycles. The van der Waals surface area contributed by atoms with Gasteiger partial charge >= 0.3 is 0 Å². The first kappa shape index (κ1) is 12.2. The highest BCUT2D eigenvalue weighted by atomic mass is 16.5. The summed E-state index contributed by atoms with van der Waals surface area (Å²) in [5.41, 5.74) is 0.735. The number of ether oxygens (including phenoxy) is 1. The fourth-order valence-electron chi connectivity index (χ4n) is 3.18. The van der Waals surface area contributed by atoms with E-state index < -0.39 is 0 Å². The molecule has 0 saturated heterocycles. The quantitative estimate of drug-likeness (QED) is 0.396. The maximum absolute atomic E-state index is 11.3. The van der Waals surface area contributed by atoms with Crippen LogP contribution in [-0.2, 0) is 0 Å². The van der Waals surface area contributed by atoms with Crippen LogP contribution in [0.15, 0.2) is 48.5 Å². The molecule has 21 heavy (non-hydrogen) atoms. The summed E-state index contributed by atoms with van der Waals surface area (Å²) in [6.07, 6.45) is 0.926. The zero-order chi connectivity index (χ0) is 14.4. The summed E-state index contributed by atoms with van der Waals surface area (Å²) >= 11 is 0. The molecule has 0 radical (unpaired) electrons. The van der Waals surface area contributed by atoms with E-state index in [1.165, 1.54) is 10.8 Å². The number of hydrogen-bond acceptors (Lipinski definition) is 2. The zero-order valence-corrected chi connectivity index (χ0v) is 11.7. The lowest BCUT2D eigenvalue weighted by molar-refractivity contribution is 0.112. The predicted molar refractivity (Wildman–Crippen MR) is 86.7 cm³/mol. The van der Waals surface area contributed by atoms with Crippen molar-refractivity contribution < 1.29 is 9.53 Å². The number of carbonyl (C=O) groups is 1. The third kappa shape index (κ3) is 1.62. The van der Waals surface area contributed by atoms with Gasteiger partial charge in [0, 0.05) is 16.3 Å². The minimum absolute atomic E-state index is 0.642. The van der Waals surface area contributed by atoms with Crippen molar-refractivity contribution >= 4 is 38.6 Å². The highest BCUT2D eigenvalue weighted by molar-refractivity contribution is 6.26. The maximum Gasteiger partial charge on any atom is 0.150 e. The van der Waals surface area contributed by atoms with Crippen LogP contribution in [0.2, 0.25) is 0 Å². The van der Waals surface area contributed by atoms with Crippen LogP contribution < -0.4 is 4.74 Å². The SMILES string of the molecule is CCOc1ccc2ccc3ccc(C=O)c4ccc1c2c34. The van der Waals surface area contributed by atoms with Crippen LogP contribution in [-0.4, -0.2) is 12.9 Å². The van der Waals surface area contributed by atoms with Crippen molar-refractivity contribution in [2.24, 2.45) is 0 Å². The van der Waals surface area contributed by atoms with Crippen LogP contribution in [0.3, 0.4) is 0 Å². The Morgan fingerprint density at radius 3 is 2.19 bits per heavy atom. The Labute approximate surface area is 122 Å². The van der Waals surface area contributed by atoms with E-state index in [1.807, 2.05) is 31.2 Å². The van der Waals surface area contributed by atoms with Crippen molar-refractivity contribution in [3.8, 4) is 5.75 Å². The van der Waals surface area contributed by atoms with Crippen LogP contribution in [0.25, 0.3) is 32.3 Å². The van der Waals surface area contributed by atoms with Gasteiger partial charge in [0.05, 0.1) is 6.61 Å². The molecule has 0 atom stereocenters. The van der Waals surface area contributed by atoms with Gasteiger partial charge in [-0.15, -0.1) is 0 Å². The average molecular weight is 274 g/mol. The Morgan fingerprint density at radius 1 is 0.857 bits per heavy atom. The summed E-state index contributed by atoms with van der Waals surface area (Å²) in [5, 5.41) is 6.78. The number of carbonyl (C=O) groups excluding carboxylic acids is 1. The third-order valence-corrected chi connectivity index (χ3v) is 4.09. The topological polar surface area (TPSA) is 26.3 Å². The van der Waals surface area contributed by atoms with E-state index in [0.717, 1.165) is 39.1 Å². The molecule has 0 aromatic heterocycles. The Bertz CT molecular complexity index is 969. The minimum Gasteiger partial charge on any atom is -0.493 e. The molecule has 0 unspecified atom stereocenters. The van der Waals surface area contributed by atoms with E-state index in [2.05, 4.69) is 24.3 Å². The number of rotatable bonds is 3. The van der Waals surface area contributed by atoms with Gasteiger partial charge < -0.3 is 4.74 Å². The van der Waals surface area contributed by atoms with Crippen LogP contribution in [0.4, 0.5) is 0 Å². The first-order chi connectivity index (χ1) is 10.3. The summed E-state index contributed by atoms with van der Waals surface area (Å²) in [7, 11) is 0. The Morgan fingerprint density at radius 2 is 1.48 bits per heavy atom. The molecular formula is C19H14O2. The molecule has 0 aliphatic carbocycles. The fourth-order valence-corrected chi connectivity index (χ4v) is 3.18. The summed E-state index contributed by atoms with van der Waals surface area (Å²) in [6, 6.07) is 16.3. The molecule has 0 saturated carbocycles. The molecule has 0 aliphatic rings. The molecule has 4 rings (SSSR count). The van der Waals surface area contributed by atoms with Crippen LogP contribution >= 0.6 is 0 Å². The van der Waals surface area contributed by atoms with E-state index >= 15 is 0 Å². The first-order valence-corrected chi connectivity index (χ1v) is 7.12. The van der Waals surface area contributed by atoms with Gasteiger partial charge in [-0.25, -0.2) is 0 Å². The third-order valence-electron chi connectivity index (χ3n) is 4.09. The second-order valence-electron chi connectivity index (χ2n) is 5.19. The van der Waals surface area contributed by atoms with E-state index in [9.17, 15) is 4.79 Å². The lowest BCUT2D eigenvalue weighted by atomic mass is 9.92. The molecule has 2 heteroatoms. The molecule has 0 spiro atoms. The monoisotopic (exact) mass is 274 g/mol. The fraction of sp³-hybridized carbons (Fsp3) is 0.105. The predicted octanol–water partition coefficient (Wildman–Crippen LogP) is 4.80. The second-order valence-corrected chi connectivity index (χ2v) is 5.19. The number of hydrogen-bond donors (Lipinski definition) is 0. The normalized spacial score (nSPS) is 11.5. The van der Waals surface area contributed by atoms with Crippen molar-refractivity contribution in [2.45, 2.75) is 6.92 Å². The van der Waals surface area contributed by atoms with Crippen LogP contribution in [0.5, 0.6) is 5.75 Å². The molecule has 102 valence electrons. The van der Waals surface area contributed by atoms with E-state index in [0.29, 0.717) is 6.61 Å². The molecule has 4 aromatic rings. The van der Waals surface area contributed by atoms with Crippen molar-refractivity contribution in [3.05, 3.63) is 54.1 Å². The molecule has 0 fully saturated rings. The summed E-state index contributed by atoms with van der Waals surface area (Å²) < 4.78 is 5.75. The highest BCUT2D eigenvalue weighted by Crippen LogP contribution is 2.39. The molecule has 0 heterocycles. The maximum atomic E-state index is 11.3. The van der Waals surface area contributed by atoms with Gasteiger partial charge in [-0.3, -0.25) is 4.79 Å². The summed E-state index contributed by atoms with van der Waals surface area (Å²) in [5.74, 6) is 0.899. The standard InChI is InChI=1S/C19H14O2/c1-2-21-17-10-7-13-4-3-12-5-6-14(11-20)15-8-9-16(17)19(13)18(12)15/h3-11H,2H2,1H3. The Kier molecular flexibility index (Phi) is 2.58. The van der Waals surface area contributed by atoms with Crippen LogP contribution in [0.1, 0.15) is 17.3 Å².